The van der Waals surface area contributed by atoms with Crippen LogP contribution in [0.1, 0.15) is 5.56 Å². The van der Waals surface area contributed by atoms with Crippen molar-refractivity contribution in [3.05, 3.63) is 46.1 Å². The van der Waals surface area contributed by atoms with Gasteiger partial charge in [-0.25, -0.2) is 4.98 Å². The van der Waals surface area contributed by atoms with Gasteiger partial charge in [0.05, 0.1) is 11.5 Å². The normalized spacial score (nSPS) is 12.5. The van der Waals surface area contributed by atoms with Gasteiger partial charge in [-0.2, -0.15) is 0 Å². The number of nitro benzene ring substituents is 1. The van der Waals surface area contributed by atoms with Gasteiger partial charge in [0.15, 0.2) is 0 Å². The van der Waals surface area contributed by atoms with Gasteiger partial charge < -0.3 is 4.74 Å². The molecule has 1 atom stereocenters. The first-order chi connectivity index (χ1) is 9.13. The van der Waals surface area contributed by atoms with E-state index in [0.717, 1.165) is 17.4 Å². The fourth-order valence-corrected chi connectivity index (χ4v) is 2.63. The predicted octanol–water partition coefficient (Wildman–Crippen LogP) is 3.10. The summed E-state index contributed by atoms with van der Waals surface area (Å²) in [7, 11) is 1.64. The van der Waals surface area contributed by atoms with Gasteiger partial charge in [0.2, 0.25) is 0 Å². The van der Waals surface area contributed by atoms with Crippen molar-refractivity contribution in [2.75, 3.05) is 13.7 Å². The van der Waals surface area contributed by atoms with Gasteiger partial charge in [0, 0.05) is 29.6 Å². The van der Waals surface area contributed by atoms with Crippen LogP contribution in [0.25, 0.3) is 10.9 Å². The molecule has 1 aromatic carbocycles. The molecule has 19 heavy (non-hydrogen) atoms. The van der Waals surface area contributed by atoms with E-state index in [1.807, 2.05) is 6.07 Å². The fourth-order valence-electron chi connectivity index (χ4n) is 2.02. The molecule has 0 fully saturated rings. The lowest BCUT2D eigenvalue weighted by Crippen LogP contribution is -2.10. The summed E-state index contributed by atoms with van der Waals surface area (Å²) < 4.78 is 5.08. The summed E-state index contributed by atoms with van der Waals surface area (Å²) in [5.74, 6) is 0. The van der Waals surface area contributed by atoms with Crippen molar-refractivity contribution in [3.63, 3.8) is 0 Å². The Bertz CT molecular complexity index is 603. The average Bonchev–Trinajstić information content (AvgIpc) is 2.39. The maximum atomic E-state index is 11.0. The van der Waals surface area contributed by atoms with Gasteiger partial charge in [-0.3, -0.25) is 10.1 Å². The van der Waals surface area contributed by atoms with Gasteiger partial charge in [-0.1, -0.05) is 28.1 Å². The molecular weight excluding hydrogens is 312 g/mol. The first-order valence-corrected chi connectivity index (χ1v) is 6.69. The smallest absolute Gasteiger partial charge is 0.295 e. The van der Waals surface area contributed by atoms with Gasteiger partial charge >= 0.3 is 0 Å². The topological polar surface area (TPSA) is 65.3 Å². The second kappa shape index (κ2) is 6.08. The molecule has 0 saturated heterocycles. The third-order valence-electron chi connectivity index (χ3n) is 2.82. The zero-order valence-electron chi connectivity index (χ0n) is 10.4. The highest BCUT2D eigenvalue weighted by molar-refractivity contribution is 9.09. The molecule has 0 N–H and O–H groups in total. The van der Waals surface area contributed by atoms with Crippen molar-refractivity contribution in [1.29, 1.82) is 0 Å². The van der Waals surface area contributed by atoms with Crippen molar-refractivity contribution < 1.29 is 9.66 Å². The standard InChI is InChI=1S/C13H13BrN2O3/c1-19-8-10(14)7-9-4-5-12(16(17)18)13-11(9)3-2-6-15-13/h2-6,10H,7-8H2,1H3. The lowest BCUT2D eigenvalue weighted by Gasteiger charge is -2.10. The van der Waals surface area contributed by atoms with Crippen LogP contribution in [0.15, 0.2) is 30.5 Å². The average molecular weight is 325 g/mol. The number of pyridine rings is 1. The maximum Gasteiger partial charge on any atom is 0.295 e. The number of halogens is 1. The molecule has 1 unspecified atom stereocenters. The van der Waals surface area contributed by atoms with E-state index in [0.29, 0.717) is 12.1 Å². The van der Waals surface area contributed by atoms with Gasteiger partial charge in [0.1, 0.15) is 5.52 Å². The lowest BCUT2D eigenvalue weighted by molar-refractivity contribution is -0.383. The number of alkyl halides is 1. The molecule has 0 aliphatic heterocycles. The quantitative estimate of drug-likeness (QED) is 0.481. The fraction of sp³-hybridized carbons (Fsp3) is 0.308. The highest BCUT2D eigenvalue weighted by Gasteiger charge is 2.16. The number of rotatable bonds is 5. The molecule has 0 saturated carbocycles. The Kier molecular flexibility index (Phi) is 4.44. The zero-order valence-corrected chi connectivity index (χ0v) is 12.0. The monoisotopic (exact) mass is 324 g/mol. The van der Waals surface area contributed by atoms with Crippen LogP contribution in [-0.2, 0) is 11.2 Å². The Morgan fingerprint density at radius 1 is 1.47 bits per heavy atom. The number of benzene rings is 1. The van der Waals surface area contributed by atoms with Crippen molar-refractivity contribution in [3.8, 4) is 0 Å². The second-order valence-corrected chi connectivity index (χ2v) is 5.45. The van der Waals surface area contributed by atoms with E-state index in [4.69, 9.17) is 4.74 Å². The summed E-state index contributed by atoms with van der Waals surface area (Å²) in [6.45, 7) is 0.582. The number of hydrogen-bond donors (Lipinski definition) is 0. The Morgan fingerprint density at radius 2 is 2.26 bits per heavy atom. The van der Waals surface area contributed by atoms with E-state index in [1.54, 1.807) is 25.4 Å². The van der Waals surface area contributed by atoms with Crippen LogP contribution in [0.4, 0.5) is 5.69 Å². The number of hydrogen-bond acceptors (Lipinski definition) is 4. The van der Waals surface area contributed by atoms with E-state index in [-0.39, 0.29) is 10.5 Å². The number of ether oxygens (including phenoxy) is 1. The molecule has 1 aromatic heterocycles. The van der Waals surface area contributed by atoms with E-state index < -0.39 is 4.92 Å². The zero-order chi connectivity index (χ0) is 13.8. The van der Waals surface area contributed by atoms with Crippen LogP contribution >= 0.6 is 15.9 Å². The molecule has 2 aromatic rings. The summed E-state index contributed by atoms with van der Waals surface area (Å²) in [4.78, 5) is 14.9. The molecule has 0 spiro atoms. The molecule has 1 heterocycles. The third kappa shape index (κ3) is 3.08. The molecule has 0 aliphatic carbocycles. The summed E-state index contributed by atoms with van der Waals surface area (Å²) >= 11 is 3.53. The van der Waals surface area contributed by atoms with Crippen LogP contribution in [0, 0.1) is 10.1 Å². The van der Waals surface area contributed by atoms with E-state index in [2.05, 4.69) is 20.9 Å². The van der Waals surface area contributed by atoms with Gasteiger partial charge in [-0.05, 0) is 18.1 Å². The van der Waals surface area contributed by atoms with E-state index in [1.165, 1.54) is 6.07 Å². The Labute approximate surface area is 118 Å². The molecule has 0 aliphatic rings. The molecule has 5 nitrogen and oxygen atoms in total. The summed E-state index contributed by atoms with van der Waals surface area (Å²) in [5.41, 5.74) is 1.49. The Balaban J connectivity index is 2.46. The number of methoxy groups -OCH3 is 1. The Morgan fingerprint density at radius 3 is 2.95 bits per heavy atom. The van der Waals surface area contributed by atoms with E-state index in [9.17, 15) is 10.1 Å². The number of non-ortho nitro benzene ring substituents is 1. The second-order valence-electron chi connectivity index (χ2n) is 4.16. The third-order valence-corrected chi connectivity index (χ3v) is 3.41. The van der Waals surface area contributed by atoms with Crippen LogP contribution in [0.5, 0.6) is 0 Å². The highest BCUT2D eigenvalue weighted by atomic mass is 79.9. The van der Waals surface area contributed by atoms with Crippen LogP contribution in [0.2, 0.25) is 0 Å². The van der Waals surface area contributed by atoms with Crippen molar-refractivity contribution in [2.45, 2.75) is 11.2 Å². The minimum atomic E-state index is -0.403. The first-order valence-electron chi connectivity index (χ1n) is 5.77. The molecule has 0 radical (unpaired) electrons. The minimum absolute atomic E-state index is 0.0391. The molecule has 100 valence electrons. The van der Waals surface area contributed by atoms with Crippen molar-refractivity contribution in [2.24, 2.45) is 0 Å². The summed E-state index contributed by atoms with van der Waals surface area (Å²) in [6, 6.07) is 6.94. The maximum absolute atomic E-state index is 11.0. The molecule has 0 bridgehead atoms. The number of nitrogens with zero attached hydrogens (tertiary/aromatic N) is 2. The van der Waals surface area contributed by atoms with Gasteiger partial charge in [0.25, 0.3) is 5.69 Å². The van der Waals surface area contributed by atoms with Crippen molar-refractivity contribution >= 4 is 32.5 Å². The van der Waals surface area contributed by atoms with Crippen LogP contribution < -0.4 is 0 Å². The largest absolute Gasteiger partial charge is 0.384 e. The minimum Gasteiger partial charge on any atom is -0.384 e. The molecular formula is C13H13BrN2O3. The highest BCUT2D eigenvalue weighted by Crippen LogP contribution is 2.27. The number of aromatic nitrogens is 1. The SMILES string of the molecule is COCC(Br)Cc1ccc([N+](=O)[O-])c2ncccc12. The molecule has 2 rings (SSSR count). The van der Waals surface area contributed by atoms with Gasteiger partial charge in [-0.15, -0.1) is 0 Å². The summed E-state index contributed by atoms with van der Waals surface area (Å²) in [5, 5.41) is 11.8. The summed E-state index contributed by atoms with van der Waals surface area (Å²) in [6.07, 6.45) is 2.30. The number of fused-ring (bicyclic) bond motifs is 1. The Hall–Kier alpha value is -1.53. The number of nitro groups is 1. The molecule has 6 heteroatoms. The predicted molar refractivity (Wildman–Crippen MR) is 76.7 cm³/mol. The van der Waals surface area contributed by atoms with Crippen LogP contribution in [0.3, 0.4) is 0 Å². The lowest BCUT2D eigenvalue weighted by atomic mass is 10.0. The first kappa shape index (κ1) is 13.9. The van der Waals surface area contributed by atoms with Crippen molar-refractivity contribution in [1.82, 2.24) is 4.98 Å². The molecule has 0 amide bonds. The van der Waals surface area contributed by atoms with E-state index >= 15 is 0 Å². The van der Waals surface area contributed by atoms with Crippen LogP contribution in [-0.4, -0.2) is 28.5 Å².